The van der Waals surface area contributed by atoms with Crippen LogP contribution in [0.5, 0.6) is 5.88 Å². The zero-order valence-corrected chi connectivity index (χ0v) is 35.8. The van der Waals surface area contributed by atoms with E-state index in [9.17, 15) is 62.1 Å². The maximum Gasteiger partial charge on any atom is 0.296 e. The van der Waals surface area contributed by atoms with Gasteiger partial charge in [-0.2, -0.15) is 53.7 Å². The molecule has 2 heterocycles. The van der Waals surface area contributed by atoms with Crippen LogP contribution in [0, 0.1) is 6.92 Å². The standard InChI is InChI=1S/C36H34N10O14S4/c1-20-26(33(48)46(45-20)24-7-9-25(10-8-24)61(49,50)51)19-39-29-18-23(6-13-30(29)62(52,53)54)40-35-42-34(38-14-15-47)43-36(44-35)41-28-12-5-22(17-32(28)64(58,59)60)3-2-21-4-11-27(37)31(16-21)63(55,56)57/h2-13,16-19,47-48H,14-15,37H2,1H3,(H,49,50,51)(H,52,53,54)(H,55,56,57)(H,58,59,60)(H3,38,40,41,42,43,44). The number of nitrogen functional groups attached to an aromatic ring is 1. The number of hydrogen-bond donors (Lipinski definition) is 10. The molecule has 11 N–H and O–H groups in total. The van der Waals surface area contributed by atoms with E-state index in [-0.39, 0.29) is 81.8 Å². The fraction of sp³-hybridized carbons (Fsp3) is 0.0833. The van der Waals surface area contributed by atoms with Crippen molar-refractivity contribution in [2.24, 2.45) is 4.99 Å². The molecule has 4 aromatic carbocycles. The predicted molar refractivity (Wildman–Crippen MR) is 231 cm³/mol. The molecule has 0 saturated carbocycles. The summed E-state index contributed by atoms with van der Waals surface area (Å²) in [5.74, 6) is -1.20. The van der Waals surface area contributed by atoms with E-state index in [1.807, 2.05) is 0 Å². The Balaban J connectivity index is 1.31. The van der Waals surface area contributed by atoms with E-state index in [2.05, 4.69) is 41.0 Å². The Kier molecular flexibility index (Phi) is 13.2. The van der Waals surface area contributed by atoms with Crippen molar-refractivity contribution < 1.29 is 62.1 Å². The van der Waals surface area contributed by atoms with Crippen molar-refractivity contribution in [1.29, 1.82) is 0 Å². The summed E-state index contributed by atoms with van der Waals surface area (Å²) in [7, 11) is -19.0. The second kappa shape index (κ2) is 18.1. The number of hydrogen-bond acceptors (Lipinski definition) is 19. The van der Waals surface area contributed by atoms with Crippen LogP contribution in [-0.4, -0.2) is 106 Å². The Morgan fingerprint density at radius 1 is 0.688 bits per heavy atom. The van der Waals surface area contributed by atoms with Crippen LogP contribution in [-0.2, 0) is 40.5 Å². The molecule has 0 saturated heterocycles. The van der Waals surface area contributed by atoms with E-state index < -0.39 is 65.9 Å². The Morgan fingerprint density at radius 2 is 1.27 bits per heavy atom. The van der Waals surface area contributed by atoms with Crippen LogP contribution >= 0.6 is 0 Å². The first-order valence-corrected chi connectivity index (χ1v) is 23.5. The number of rotatable bonds is 16. The fourth-order valence-electron chi connectivity index (χ4n) is 5.68. The molecule has 2 aromatic heterocycles. The van der Waals surface area contributed by atoms with E-state index in [0.717, 1.165) is 41.2 Å². The number of nitrogens with one attached hydrogen (secondary N) is 3. The summed E-state index contributed by atoms with van der Waals surface area (Å²) < 4.78 is 136. The minimum absolute atomic E-state index is 0.00400. The van der Waals surface area contributed by atoms with Gasteiger partial charge < -0.3 is 31.9 Å². The first-order valence-electron chi connectivity index (χ1n) is 17.7. The van der Waals surface area contributed by atoms with Gasteiger partial charge in [-0.05, 0) is 84.8 Å². The number of aliphatic hydroxyl groups excluding tert-OH is 1. The largest absolute Gasteiger partial charge is 0.493 e. The molecule has 24 nitrogen and oxygen atoms in total. The second-order valence-electron chi connectivity index (χ2n) is 13.2. The summed E-state index contributed by atoms with van der Waals surface area (Å²) in [5, 5.41) is 32.8. The van der Waals surface area contributed by atoms with Crippen molar-refractivity contribution in [1.82, 2.24) is 24.7 Å². The van der Waals surface area contributed by atoms with Gasteiger partial charge in [-0.25, -0.2) is 4.68 Å². The molecule has 64 heavy (non-hydrogen) atoms. The van der Waals surface area contributed by atoms with Gasteiger partial charge in [0.1, 0.15) is 14.7 Å². The summed E-state index contributed by atoms with van der Waals surface area (Å²) >= 11 is 0. The van der Waals surface area contributed by atoms with Crippen LogP contribution < -0.4 is 21.7 Å². The fourth-order valence-corrected chi connectivity index (χ4v) is 8.11. The molecule has 0 atom stereocenters. The van der Waals surface area contributed by atoms with Crippen LogP contribution in [0.4, 0.5) is 40.6 Å². The SMILES string of the molecule is Cc1nn(-c2ccc(S(=O)(=O)O)cc2)c(O)c1C=Nc1cc(Nc2nc(NCCO)nc(Nc3ccc(C=Cc4ccc(N)c(S(=O)(=O)O)c4)cc3S(=O)(=O)O)n2)ccc1S(=O)(=O)O. The highest BCUT2D eigenvalue weighted by molar-refractivity contribution is 7.86. The highest BCUT2D eigenvalue weighted by Crippen LogP contribution is 2.32. The Hall–Kier alpha value is -6.89. The molecule has 6 rings (SSSR count). The lowest BCUT2D eigenvalue weighted by molar-refractivity contribution is 0.310. The van der Waals surface area contributed by atoms with Crippen molar-refractivity contribution in [3.63, 3.8) is 0 Å². The third kappa shape index (κ3) is 11.2. The maximum atomic E-state index is 12.6. The van der Waals surface area contributed by atoms with Gasteiger partial charge in [0.25, 0.3) is 40.5 Å². The molecule has 0 aliphatic rings. The molecule has 0 radical (unpaired) electrons. The van der Waals surface area contributed by atoms with Crippen molar-refractivity contribution in [3.05, 3.63) is 101 Å². The number of nitrogens with two attached hydrogens (primary N) is 1. The smallest absolute Gasteiger partial charge is 0.296 e. The van der Waals surface area contributed by atoms with Crippen molar-refractivity contribution in [2.45, 2.75) is 26.5 Å². The van der Waals surface area contributed by atoms with Crippen LogP contribution in [0.1, 0.15) is 22.4 Å². The average molecular weight is 959 g/mol. The predicted octanol–water partition coefficient (Wildman–Crippen LogP) is 3.45. The van der Waals surface area contributed by atoms with E-state index in [4.69, 9.17) is 5.73 Å². The van der Waals surface area contributed by atoms with Crippen molar-refractivity contribution in [3.8, 4) is 11.6 Å². The number of benzene rings is 4. The maximum absolute atomic E-state index is 12.6. The first-order chi connectivity index (χ1) is 29.9. The van der Waals surface area contributed by atoms with Gasteiger partial charge >= 0.3 is 0 Å². The molecule has 28 heteroatoms. The number of nitrogens with zero attached hydrogens (tertiary/aromatic N) is 6. The van der Waals surface area contributed by atoms with Crippen molar-refractivity contribution >= 4 is 99.4 Å². The topological polar surface area (TPSA) is 389 Å². The van der Waals surface area contributed by atoms with Gasteiger partial charge in [0.15, 0.2) is 0 Å². The zero-order chi connectivity index (χ0) is 46.8. The van der Waals surface area contributed by atoms with E-state index in [1.54, 1.807) is 0 Å². The molecule has 0 unspecified atom stereocenters. The average Bonchev–Trinajstić information content (AvgIpc) is 3.49. The molecule has 0 bridgehead atoms. The summed E-state index contributed by atoms with van der Waals surface area (Å²) in [5.41, 5.74) is 5.79. The van der Waals surface area contributed by atoms with Gasteiger partial charge in [0.2, 0.25) is 23.7 Å². The number of aryl methyl sites for hydroxylation is 1. The van der Waals surface area contributed by atoms with E-state index in [0.29, 0.717) is 0 Å². The summed E-state index contributed by atoms with van der Waals surface area (Å²) in [6.07, 6.45) is 3.84. The summed E-state index contributed by atoms with van der Waals surface area (Å²) in [6.45, 7) is 1.07. The Bertz CT molecular complexity index is 3310. The lowest BCUT2D eigenvalue weighted by Crippen LogP contribution is -2.13. The third-order valence-electron chi connectivity index (χ3n) is 8.63. The normalized spacial score (nSPS) is 12.5. The van der Waals surface area contributed by atoms with Gasteiger partial charge in [0.05, 0.1) is 45.5 Å². The first kappa shape index (κ1) is 46.6. The molecule has 336 valence electrons. The Labute approximate surface area is 363 Å². The monoisotopic (exact) mass is 958 g/mol. The van der Waals surface area contributed by atoms with Gasteiger partial charge in [-0.15, -0.1) is 0 Å². The highest BCUT2D eigenvalue weighted by atomic mass is 32.2. The molecule has 0 spiro atoms. The Morgan fingerprint density at radius 3 is 1.86 bits per heavy atom. The van der Waals surface area contributed by atoms with Gasteiger partial charge in [-0.3, -0.25) is 23.2 Å². The molecule has 0 fully saturated rings. The lowest BCUT2D eigenvalue weighted by atomic mass is 10.1. The number of aliphatic hydroxyl groups is 1. The van der Waals surface area contributed by atoms with Gasteiger partial charge in [0, 0.05) is 18.4 Å². The summed E-state index contributed by atoms with van der Waals surface area (Å²) in [6, 6.07) is 15.6. The molecule has 0 amide bonds. The molecular weight excluding hydrogens is 925 g/mol. The van der Waals surface area contributed by atoms with Crippen LogP contribution in [0.25, 0.3) is 17.8 Å². The molecular formula is C36H34N10O14S4. The highest BCUT2D eigenvalue weighted by Gasteiger charge is 2.21. The molecule has 0 aliphatic carbocycles. The van der Waals surface area contributed by atoms with Crippen LogP contribution in [0.3, 0.4) is 0 Å². The minimum atomic E-state index is -4.94. The third-order valence-corrected chi connectivity index (χ3v) is 12.2. The molecule has 6 aromatic rings. The number of aliphatic imine (C=N–C) groups is 1. The quantitative estimate of drug-likeness (QED) is 0.0287. The minimum Gasteiger partial charge on any atom is -0.493 e. The number of anilines is 6. The number of aromatic hydroxyl groups is 1. The van der Waals surface area contributed by atoms with E-state index >= 15 is 0 Å². The lowest BCUT2D eigenvalue weighted by Gasteiger charge is -2.13. The second-order valence-corrected chi connectivity index (χ2v) is 18.8. The van der Waals surface area contributed by atoms with Gasteiger partial charge in [-0.1, -0.05) is 24.3 Å². The molecule has 0 aliphatic heterocycles. The zero-order valence-electron chi connectivity index (χ0n) is 32.5. The van der Waals surface area contributed by atoms with Crippen LogP contribution in [0.15, 0.2) is 103 Å². The van der Waals surface area contributed by atoms with Crippen LogP contribution in [0.2, 0.25) is 0 Å². The summed E-state index contributed by atoms with van der Waals surface area (Å²) in [4.78, 5) is 14.6. The number of aromatic nitrogens is 5. The van der Waals surface area contributed by atoms with E-state index in [1.165, 1.54) is 67.6 Å². The van der Waals surface area contributed by atoms with Crippen molar-refractivity contribution in [2.75, 3.05) is 34.8 Å².